The van der Waals surface area contributed by atoms with E-state index in [-0.39, 0.29) is 11.7 Å². The molecular formula is C28H20BrClN6OS2. The van der Waals surface area contributed by atoms with Crippen molar-refractivity contribution in [2.75, 3.05) is 11.1 Å². The van der Waals surface area contributed by atoms with E-state index in [9.17, 15) is 4.79 Å². The maximum absolute atomic E-state index is 12.7. The molecule has 0 fully saturated rings. The van der Waals surface area contributed by atoms with Crippen molar-refractivity contribution in [3.63, 3.8) is 0 Å². The molecule has 0 atom stereocenters. The first-order valence-electron chi connectivity index (χ1n) is 12.0. The zero-order chi connectivity index (χ0) is 26.8. The number of hydrogen-bond donors (Lipinski definition) is 1. The smallest absolute Gasteiger partial charge is 0.236 e. The molecule has 194 valence electrons. The van der Waals surface area contributed by atoms with E-state index in [1.54, 1.807) is 6.20 Å². The molecule has 0 aliphatic rings. The average molecular weight is 636 g/mol. The van der Waals surface area contributed by atoms with Crippen LogP contribution in [0.25, 0.3) is 22.1 Å². The molecule has 1 amide bonds. The number of aromatic nitrogens is 5. The summed E-state index contributed by atoms with van der Waals surface area (Å²) >= 11 is 12.2. The zero-order valence-corrected chi connectivity index (χ0v) is 24.3. The van der Waals surface area contributed by atoms with E-state index in [1.165, 1.54) is 23.1 Å². The Morgan fingerprint density at radius 1 is 1.03 bits per heavy atom. The Bertz CT molecular complexity index is 1790. The van der Waals surface area contributed by atoms with Crippen molar-refractivity contribution in [3.8, 4) is 0 Å². The minimum absolute atomic E-state index is 0.143. The summed E-state index contributed by atoms with van der Waals surface area (Å²) in [6.07, 6.45) is 2.51. The summed E-state index contributed by atoms with van der Waals surface area (Å²) in [4.78, 5) is 22.9. The van der Waals surface area contributed by atoms with Gasteiger partial charge in [0.15, 0.2) is 10.8 Å². The fraction of sp³-hybridized carbons (Fsp3) is 0.107. The van der Waals surface area contributed by atoms with Crippen molar-refractivity contribution < 1.29 is 4.79 Å². The van der Waals surface area contributed by atoms with Gasteiger partial charge in [-0.3, -0.25) is 4.79 Å². The van der Waals surface area contributed by atoms with Crippen LogP contribution in [0.3, 0.4) is 0 Å². The highest BCUT2D eigenvalue weighted by atomic mass is 79.9. The van der Waals surface area contributed by atoms with Gasteiger partial charge < -0.3 is 9.88 Å². The molecule has 6 rings (SSSR count). The molecular weight excluding hydrogens is 616 g/mol. The van der Waals surface area contributed by atoms with E-state index in [4.69, 9.17) is 16.6 Å². The second-order valence-corrected chi connectivity index (χ2v) is 12.2. The number of benzene rings is 3. The maximum atomic E-state index is 12.7. The van der Waals surface area contributed by atoms with E-state index >= 15 is 0 Å². The monoisotopic (exact) mass is 634 g/mol. The minimum Gasteiger partial charge on any atom is -0.319 e. The molecule has 3 aromatic heterocycles. The molecule has 3 heterocycles. The minimum atomic E-state index is -0.176. The van der Waals surface area contributed by atoms with Gasteiger partial charge in [-0.2, -0.15) is 0 Å². The van der Waals surface area contributed by atoms with Gasteiger partial charge in [0.1, 0.15) is 5.52 Å². The van der Waals surface area contributed by atoms with E-state index in [0.717, 1.165) is 49.0 Å². The second kappa shape index (κ2) is 11.4. The largest absolute Gasteiger partial charge is 0.319 e. The molecule has 0 saturated heterocycles. The summed E-state index contributed by atoms with van der Waals surface area (Å²) in [5.41, 5.74) is 4.78. The van der Waals surface area contributed by atoms with Gasteiger partial charge in [0.05, 0.1) is 11.3 Å². The molecule has 3 aromatic carbocycles. The highest BCUT2D eigenvalue weighted by Gasteiger charge is 2.17. The first kappa shape index (κ1) is 25.9. The molecule has 0 saturated carbocycles. The van der Waals surface area contributed by atoms with Crippen LogP contribution in [0.5, 0.6) is 0 Å². The highest BCUT2D eigenvalue weighted by Crippen LogP contribution is 2.30. The number of fused-ring (bicyclic) bond motifs is 3. The van der Waals surface area contributed by atoms with Crippen molar-refractivity contribution in [1.29, 1.82) is 0 Å². The molecule has 0 aliphatic carbocycles. The average Bonchev–Trinajstić information content (AvgIpc) is 3.50. The van der Waals surface area contributed by atoms with Gasteiger partial charge in [0.25, 0.3) is 0 Å². The van der Waals surface area contributed by atoms with Gasteiger partial charge in [0, 0.05) is 38.9 Å². The van der Waals surface area contributed by atoms with Crippen LogP contribution in [-0.2, 0) is 17.8 Å². The lowest BCUT2D eigenvalue weighted by Crippen LogP contribution is -2.14. The summed E-state index contributed by atoms with van der Waals surface area (Å²) in [7, 11) is 0. The number of carbonyl (C=O) groups is 1. The zero-order valence-electron chi connectivity index (χ0n) is 20.3. The van der Waals surface area contributed by atoms with E-state index in [1.807, 2.05) is 54.6 Å². The molecule has 0 aliphatic heterocycles. The Morgan fingerprint density at radius 2 is 1.85 bits per heavy atom. The number of amides is 1. The summed E-state index contributed by atoms with van der Waals surface area (Å²) < 4.78 is 3.10. The van der Waals surface area contributed by atoms with E-state index < -0.39 is 0 Å². The Morgan fingerprint density at radius 3 is 2.67 bits per heavy atom. The Balaban J connectivity index is 1.17. The number of anilines is 1. The Hall–Kier alpha value is -3.31. The van der Waals surface area contributed by atoms with Crippen LogP contribution in [-0.4, -0.2) is 36.4 Å². The quantitative estimate of drug-likeness (QED) is 0.178. The highest BCUT2D eigenvalue weighted by molar-refractivity contribution is 9.10. The number of rotatable bonds is 8. The van der Waals surface area contributed by atoms with Crippen LogP contribution in [0.4, 0.5) is 5.13 Å². The van der Waals surface area contributed by atoms with Crippen molar-refractivity contribution in [1.82, 2.24) is 24.7 Å². The number of nitrogens with one attached hydrogen (secondary N) is 1. The fourth-order valence-corrected chi connectivity index (χ4v) is 6.17. The van der Waals surface area contributed by atoms with Gasteiger partial charge in [-0.15, -0.1) is 21.5 Å². The second-order valence-electron chi connectivity index (χ2n) is 8.77. The summed E-state index contributed by atoms with van der Waals surface area (Å²) in [6.45, 7) is 0.647. The molecule has 6 aromatic rings. The molecule has 1 N–H and O–H groups in total. The lowest BCUT2D eigenvalue weighted by atomic mass is 10.1. The summed E-state index contributed by atoms with van der Waals surface area (Å²) in [6, 6.07) is 24.0. The lowest BCUT2D eigenvalue weighted by molar-refractivity contribution is -0.113. The Kier molecular flexibility index (Phi) is 7.60. The third-order valence-electron chi connectivity index (χ3n) is 6.02. The van der Waals surface area contributed by atoms with Crippen LogP contribution in [0.2, 0.25) is 5.02 Å². The summed E-state index contributed by atoms with van der Waals surface area (Å²) in [5, 5.41) is 14.4. The lowest BCUT2D eigenvalue weighted by Gasteiger charge is -2.07. The first-order chi connectivity index (χ1) is 19.0. The van der Waals surface area contributed by atoms with Gasteiger partial charge >= 0.3 is 0 Å². The molecule has 39 heavy (non-hydrogen) atoms. The van der Waals surface area contributed by atoms with Crippen LogP contribution in [0.1, 0.15) is 16.0 Å². The van der Waals surface area contributed by atoms with Crippen LogP contribution < -0.4 is 5.32 Å². The van der Waals surface area contributed by atoms with Crippen LogP contribution in [0.15, 0.2) is 88.6 Å². The molecule has 11 heteroatoms. The maximum Gasteiger partial charge on any atom is 0.236 e. The fourth-order valence-electron chi connectivity index (χ4n) is 4.24. The third kappa shape index (κ3) is 5.99. The first-order valence-corrected chi connectivity index (χ1v) is 15.0. The van der Waals surface area contributed by atoms with E-state index in [2.05, 4.69) is 59.2 Å². The molecule has 0 unspecified atom stereocenters. The van der Waals surface area contributed by atoms with E-state index in [0.29, 0.717) is 21.9 Å². The number of thiazole rings is 1. The van der Waals surface area contributed by atoms with Gasteiger partial charge in [-0.25, -0.2) is 9.97 Å². The predicted octanol–water partition coefficient (Wildman–Crippen LogP) is 7.22. The predicted molar refractivity (Wildman–Crippen MR) is 162 cm³/mol. The number of halogens is 2. The molecule has 0 spiro atoms. The third-order valence-corrected chi connectivity index (χ3v) is 8.51. The molecule has 0 radical (unpaired) electrons. The normalized spacial score (nSPS) is 11.3. The topological polar surface area (TPSA) is 85.6 Å². The van der Waals surface area contributed by atoms with Gasteiger partial charge in [0.2, 0.25) is 11.1 Å². The molecule has 7 nitrogen and oxygen atoms in total. The van der Waals surface area contributed by atoms with Crippen molar-refractivity contribution in [2.45, 2.75) is 18.1 Å². The standard InChI is InChI=1S/C28H20BrClN6OS2/c29-19-8-11-23-22(13-19)25-26(36(23)15-18-4-2-1-3-5-18)33-28(35-34-25)38-16-24(37)32-27-31-14-21(39-27)12-17-6-9-20(30)10-7-17/h1-11,13-14H,12,15-16H2,(H,31,32,37). The number of nitrogens with zero attached hydrogens (tertiary/aromatic N) is 5. The number of carbonyl (C=O) groups excluding carboxylic acids is 1. The summed E-state index contributed by atoms with van der Waals surface area (Å²) in [5.74, 6) is -0.0335. The number of thioether (sulfide) groups is 1. The molecule has 0 bridgehead atoms. The van der Waals surface area contributed by atoms with Crippen molar-refractivity contribution >= 4 is 83.7 Å². The van der Waals surface area contributed by atoms with Gasteiger partial charge in [-0.1, -0.05) is 81.8 Å². The van der Waals surface area contributed by atoms with Crippen LogP contribution >= 0.6 is 50.6 Å². The van der Waals surface area contributed by atoms with Crippen molar-refractivity contribution in [2.24, 2.45) is 0 Å². The van der Waals surface area contributed by atoms with Crippen molar-refractivity contribution in [3.05, 3.63) is 104 Å². The SMILES string of the molecule is O=C(CSc1nnc2c3cc(Br)ccc3n(Cc3ccccc3)c2n1)Nc1ncc(Cc2ccc(Cl)cc2)s1. The van der Waals surface area contributed by atoms with Gasteiger partial charge in [-0.05, 0) is 41.5 Å². The number of hydrogen-bond acceptors (Lipinski definition) is 7. The van der Waals surface area contributed by atoms with Crippen LogP contribution in [0, 0.1) is 0 Å². The Labute approximate surface area is 245 Å².